The summed E-state index contributed by atoms with van der Waals surface area (Å²) in [6.45, 7) is 3.89. The molecule has 0 heterocycles. The molecule has 0 aromatic heterocycles. The molecule has 0 unspecified atom stereocenters. The van der Waals surface area contributed by atoms with Gasteiger partial charge in [-0.25, -0.2) is 4.79 Å². The Morgan fingerprint density at radius 1 is 1.10 bits per heavy atom. The van der Waals surface area contributed by atoms with Gasteiger partial charge >= 0.3 is 6.03 Å². The standard InChI is InChI=1S/C16H18N2O2S/c1-10(2)14(15(19)18-16(17)20)21-13-8-7-11-5-3-4-6-12(11)9-13/h3-10,14H,1-2H3,(H3,17,18,19,20)/t14-/m1/s1. The minimum atomic E-state index is -0.815. The maximum atomic E-state index is 12.0. The van der Waals surface area contributed by atoms with E-state index in [-0.39, 0.29) is 17.1 Å². The highest BCUT2D eigenvalue weighted by atomic mass is 32.2. The van der Waals surface area contributed by atoms with Crippen molar-refractivity contribution in [3.8, 4) is 0 Å². The monoisotopic (exact) mass is 302 g/mol. The Hall–Kier alpha value is -2.01. The number of hydrogen-bond donors (Lipinski definition) is 2. The normalized spacial score (nSPS) is 12.3. The van der Waals surface area contributed by atoms with Crippen molar-refractivity contribution in [2.75, 3.05) is 0 Å². The molecule has 3 N–H and O–H groups in total. The molecule has 3 amide bonds. The van der Waals surface area contributed by atoms with Gasteiger partial charge in [0.15, 0.2) is 0 Å². The van der Waals surface area contributed by atoms with Crippen LogP contribution in [0, 0.1) is 5.92 Å². The van der Waals surface area contributed by atoms with Crippen LogP contribution in [0.5, 0.6) is 0 Å². The molecule has 0 aliphatic rings. The van der Waals surface area contributed by atoms with Crippen LogP contribution >= 0.6 is 11.8 Å². The molecule has 0 aliphatic carbocycles. The summed E-state index contributed by atoms with van der Waals surface area (Å²) in [5.41, 5.74) is 5.02. The second-order valence-electron chi connectivity index (χ2n) is 5.14. The average Bonchev–Trinajstić information content (AvgIpc) is 2.43. The van der Waals surface area contributed by atoms with E-state index in [2.05, 4.69) is 5.32 Å². The van der Waals surface area contributed by atoms with Crippen molar-refractivity contribution in [3.63, 3.8) is 0 Å². The Balaban J connectivity index is 2.22. The smallest absolute Gasteiger partial charge is 0.318 e. The van der Waals surface area contributed by atoms with Crippen LogP contribution in [0.15, 0.2) is 47.4 Å². The van der Waals surface area contributed by atoms with Crippen LogP contribution < -0.4 is 11.1 Å². The zero-order chi connectivity index (χ0) is 15.4. The number of carbonyl (C=O) groups is 2. The molecule has 2 rings (SSSR count). The first-order valence-corrected chi connectivity index (χ1v) is 7.61. The number of thioether (sulfide) groups is 1. The summed E-state index contributed by atoms with van der Waals surface area (Å²) in [6.07, 6.45) is 0. The number of amides is 3. The van der Waals surface area contributed by atoms with E-state index in [0.717, 1.165) is 15.7 Å². The van der Waals surface area contributed by atoms with Crippen LogP contribution in [0.1, 0.15) is 13.8 Å². The lowest BCUT2D eigenvalue weighted by atomic mass is 10.1. The number of rotatable bonds is 4. The van der Waals surface area contributed by atoms with Gasteiger partial charge in [-0.2, -0.15) is 0 Å². The van der Waals surface area contributed by atoms with E-state index >= 15 is 0 Å². The van der Waals surface area contributed by atoms with Crippen LogP contribution in [0.25, 0.3) is 10.8 Å². The van der Waals surface area contributed by atoms with E-state index in [0.29, 0.717) is 0 Å². The van der Waals surface area contributed by atoms with E-state index in [1.54, 1.807) is 0 Å². The number of urea groups is 1. The zero-order valence-corrected chi connectivity index (χ0v) is 12.8. The number of primary amides is 1. The zero-order valence-electron chi connectivity index (χ0n) is 12.0. The predicted molar refractivity (Wildman–Crippen MR) is 86.2 cm³/mol. The quantitative estimate of drug-likeness (QED) is 0.852. The molecular weight excluding hydrogens is 284 g/mol. The molecule has 5 heteroatoms. The Morgan fingerprint density at radius 2 is 1.76 bits per heavy atom. The molecule has 0 bridgehead atoms. The largest absolute Gasteiger partial charge is 0.351 e. The van der Waals surface area contributed by atoms with E-state index < -0.39 is 6.03 Å². The molecule has 0 saturated carbocycles. The number of benzene rings is 2. The minimum absolute atomic E-state index is 0.0841. The molecule has 0 saturated heterocycles. The fraction of sp³-hybridized carbons (Fsp3) is 0.250. The Bertz CT molecular complexity index is 670. The molecular formula is C16H18N2O2S. The van der Waals surface area contributed by atoms with Gasteiger partial charge in [-0.05, 0) is 28.8 Å². The van der Waals surface area contributed by atoms with Gasteiger partial charge in [0.2, 0.25) is 5.91 Å². The first-order valence-electron chi connectivity index (χ1n) is 6.73. The molecule has 0 spiro atoms. The van der Waals surface area contributed by atoms with Crippen molar-refractivity contribution < 1.29 is 9.59 Å². The Kier molecular flexibility index (Phi) is 4.85. The van der Waals surface area contributed by atoms with Crippen molar-refractivity contribution in [3.05, 3.63) is 42.5 Å². The van der Waals surface area contributed by atoms with Gasteiger partial charge in [-0.1, -0.05) is 44.2 Å². The summed E-state index contributed by atoms with van der Waals surface area (Å²) in [4.78, 5) is 23.9. The lowest BCUT2D eigenvalue weighted by Crippen LogP contribution is -2.42. The first-order chi connectivity index (χ1) is 9.97. The maximum Gasteiger partial charge on any atom is 0.318 e. The number of fused-ring (bicyclic) bond motifs is 1. The van der Waals surface area contributed by atoms with Gasteiger partial charge in [-0.15, -0.1) is 11.8 Å². The second-order valence-corrected chi connectivity index (χ2v) is 6.36. The molecule has 2 aromatic carbocycles. The number of imide groups is 1. The summed E-state index contributed by atoms with van der Waals surface area (Å²) in [5, 5.41) is 4.08. The van der Waals surface area contributed by atoms with Crippen molar-refractivity contribution in [2.45, 2.75) is 24.0 Å². The van der Waals surface area contributed by atoms with Gasteiger partial charge in [0.1, 0.15) is 0 Å². The predicted octanol–water partition coefficient (Wildman–Crippen LogP) is 3.15. The van der Waals surface area contributed by atoms with Crippen LogP contribution in [-0.2, 0) is 4.79 Å². The molecule has 21 heavy (non-hydrogen) atoms. The number of nitrogens with two attached hydrogens (primary N) is 1. The highest BCUT2D eigenvalue weighted by Crippen LogP contribution is 2.30. The van der Waals surface area contributed by atoms with Gasteiger partial charge in [0.05, 0.1) is 5.25 Å². The third-order valence-corrected chi connectivity index (χ3v) is 4.63. The summed E-state index contributed by atoms with van der Waals surface area (Å²) < 4.78 is 0. The lowest BCUT2D eigenvalue weighted by Gasteiger charge is -2.19. The minimum Gasteiger partial charge on any atom is -0.351 e. The number of hydrogen-bond acceptors (Lipinski definition) is 3. The van der Waals surface area contributed by atoms with Crippen LogP contribution in [0.4, 0.5) is 4.79 Å². The third kappa shape index (κ3) is 3.98. The molecule has 0 aliphatic heterocycles. The van der Waals surface area contributed by atoms with Crippen molar-refractivity contribution in [2.24, 2.45) is 11.7 Å². The molecule has 110 valence electrons. The van der Waals surface area contributed by atoms with Crippen molar-refractivity contribution in [1.29, 1.82) is 0 Å². The van der Waals surface area contributed by atoms with Crippen LogP contribution in [-0.4, -0.2) is 17.2 Å². The molecule has 0 radical (unpaired) electrons. The summed E-state index contributed by atoms with van der Waals surface area (Å²) in [5.74, 6) is -0.267. The number of nitrogens with one attached hydrogen (secondary N) is 1. The highest BCUT2D eigenvalue weighted by Gasteiger charge is 2.24. The van der Waals surface area contributed by atoms with Crippen molar-refractivity contribution >= 4 is 34.5 Å². The average molecular weight is 302 g/mol. The maximum absolute atomic E-state index is 12.0. The van der Waals surface area contributed by atoms with Crippen LogP contribution in [0.3, 0.4) is 0 Å². The summed E-state index contributed by atoms with van der Waals surface area (Å²) >= 11 is 1.44. The molecule has 0 fully saturated rings. The fourth-order valence-corrected chi connectivity index (χ4v) is 3.15. The lowest BCUT2D eigenvalue weighted by molar-refractivity contribution is -0.120. The van der Waals surface area contributed by atoms with Crippen LogP contribution in [0.2, 0.25) is 0 Å². The SMILES string of the molecule is CC(C)[C@@H](Sc1ccc2ccccc2c1)C(=O)NC(N)=O. The summed E-state index contributed by atoms with van der Waals surface area (Å²) in [6, 6.07) is 13.3. The molecule has 2 aromatic rings. The third-order valence-electron chi connectivity index (χ3n) is 3.09. The van der Waals surface area contributed by atoms with Gasteiger partial charge < -0.3 is 5.73 Å². The second kappa shape index (κ2) is 6.63. The van der Waals surface area contributed by atoms with Gasteiger partial charge in [0.25, 0.3) is 0 Å². The summed E-state index contributed by atoms with van der Waals surface area (Å²) in [7, 11) is 0. The first kappa shape index (κ1) is 15.4. The fourth-order valence-electron chi connectivity index (χ4n) is 2.07. The van der Waals surface area contributed by atoms with Crippen molar-refractivity contribution in [1.82, 2.24) is 5.32 Å². The number of carbonyl (C=O) groups excluding carboxylic acids is 2. The molecule has 4 nitrogen and oxygen atoms in total. The van der Waals surface area contributed by atoms with E-state index in [4.69, 9.17) is 5.73 Å². The van der Waals surface area contributed by atoms with E-state index in [1.165, 1.54) is 11.8 Å². The highest BCUT2D eigenvalue weighted by molar-refractivity contribution is 8.00. The van der Waals surface area contributed by atoms with E-state index in [1.807, 2.05) is 56.3 Å². The van der Waals surface area contributed by atoms with E-state index in [9.17, 15) is 9.59 Å². The Morgan fingerprint density at radius 3 is 2.38 bits per heavy atom. The van der Waals surface area contributed by atoms with Gasteiger partial charge in [-0.3, -0.25) is 10.1 Å². The molecule has 1 atom stereocenters. The topological polar surface area (TPSA) is 72.2 Å². The van der Waals surface area contributed by atoms with Gasteiger partial charge in [0, 0.05) is 4.90 Å². The Labute approximate surface area is 128 Å².